The Labute approximate surface area is 221 Å². The minimum atomic E-state index is -0.539. The largest absolute Gasteiger partial charge is 0.487 e. The molecule has 0 spiro atoms. The zero-order chi connectivity index (χ0) is 24.0. The SMILES string of the molecule is N#C/C(=C\c1cc(I)c(OCc2ccc([N+](=O)[O-])cc2)c(I)c1)C(=O)Nc1cccc(Cl)c1. The summed E-state index contributed by atoms with van der Waals surface area (Å²) >= 11 is 10.2. The summed E-state index contributed by atoms with van der Waals surface area (Å²) in [6.07, 6.45) is 1.50. The third-order valence-corrected chi connectivity index (χ3v) is 6.15. The number of non-ortho nitro benzene ring substituents is 1. The molecule has 0 aromatic heterocycles. The number of halogens is 3. The van der Waals surface area contributed by atoms with Gasteiger partial charge in [-0.2, -0.15) is 5.26 Å². The predicted molar refractivity (Wildman–Crippen MR) is 143 cm³/mol. The number of anilines is 1. The Bertz CT molecular complexity index is 1260. The second-order valence-corrected chi connectivity index (χ2v) is 9.42. The number of amides is 1. The van der Waals surface area contributed by atoms with Gasteiger partial charge in [-0.15, -0.1) is 0 Å². The van der Waals surface area contributed by atoms with Gasteiger partial charge in [0, 0.05) is 22.8 Å². The van der Waals surface area contributed by atoms with Crippen LogP contribution in [0, 0.1) is 28.6 Å². The van der Waals surface area contributed by atoms with E-state index in [1.54, 1.807) is 48.5 Å². The number of carbonyl (C=O) groups excluding carboxylic acids is 1. The maximum atomic E-state index is 12.5. The standard InChI is InChI=1S/C23H14ClI2N3O4/c24-17-2-1-3-18(11-17)28-23(30)16(12-27)8-15-9-20(25)22(21(26)10-15)33-13-14-4-6-19(7-5-14)29(31)32/h1-11H,13H2,(H,28,30)/b16-8+. The molecule has 1 N–H and O–H groups in total. The zero-order valence-corrected chi connectivity index (χ0v) is 21.8. The first-order valence-electron chi connectivity index (χ1n) is 9.30. The van der Waals surface area contributed by atoms with E-state index in [1.807, 2.05) is 6.07 Å². The van der Waals surface area contributed by atoms with Gasteiger partial charge >= 0.3 is 0 Å². The fourth-order valence-corrected chi connectivity index (χ4v) is 5.07. The second kappa shape index (κ2) is 11.4. The number of hydrogen-bond acceptors (Lipinski definition) is 5. The van der Waals surface area contributed by atoms with Gasteiger partial charge in [0.1, 0.15) is 24.0 Å². The number of rotatable bonds is 7. The summed E-state index contributed by atoms with van der Waals surface area (Å²) in [6, 6.07) is 18.4. The first-order chi connectivity index (χ1) is 15.8. The third kappa shape index (κ3) is 6.89. The van der Waals surface area contributed by atoms with Crippen LogP contribution >= 0.6 is 56.8 Å². The Morgan fingerprint density at radius 1 is 1.15 bits per heavy atom. The lowest BCUT2D eigenvalue weighted by molar-refractivity contribution is -0.384. The van der Waals surface area contributed by atoms with Crippen LogP contribution < -0.4 is 10.1 Å². The Hall–Kier alpha value is -2.69. The average molecular weight is 686 g/mol. The van der Waals surface area contributed by atoms with Gasteiger partial charge in [0.2, 0.25) is 0 Å². The van der Waals surface area contributed by atoms with Crippen LogP contribution in [-0.2, 0) is 11.4 Å². The molecule has 0 fully saturated rings. The Morgan fingerprint density at radius 2 is 1.82 bits per heavy atom. The number of hydrogen-bond donors (Lipinski definition) is 1. The quantitative estimate of drug-likeness (QED) is 0.0995. The van der Waals surface area contributed by atoms with Crippen LogP contribution in [0.5, 0.6) is 5.75 Å². The fraction of sp³-hybridized carbons (Fsp3) is 0.0435. The molecule has 0 bridgehead atoms. The topological polar surface area (TPSA) is 105 Å². The molecule has 0 aliphatic rings. The highest BCUT2D eigenvalue weighted by molar-refractivity contribution is 14.1. The van der Waals surface area contributed by atoms with Crippen molar-refractivity contribution in [3.63, 3.8) is 0 Å². The molecule has 33 heavy (non-hydrogen) atoms. The van der Waals surface area contributed by atoms with E-state index in [2.05, 4.69) is 50.5 Å². The average Bonchev–Trinajstić information content (AvgIpc) is 2.77. The van der Waals surface area contributed by atoms with Gasteiger partial charge in [0.25, 0.3) is 11.6 Å². The second-order valence-electron chi connectivity index (χ2n) is 6.66. The Kier molecular flexibility index (Phi) is 8.65. The van der Waals surface area contributed by atoms with E-state index in [9.17, 15) is 20.2 Å². The third-order valence-electron chi connectivity index (χ3n) is 4.31. The zero-order valence-electron chi connectivity index (χ0n) is 16.7. The highest BCUT2D eigenvalue weighted by Crippen LogP contribution is 2.31. The molecule has 0 aliphatic carbocycles. The number of carbonyl (C=O) groups is 1. The number of nitriles is 1. The highest BCUT2D eigenvalue weighted by Gasteiger charge is 2.13. The van der Waals surface area contributed by atoms with E-state index >= 15 is 0 Å². The fourth-order valence-electron chi connectivity index (χ4n) is 2.75. The molecule has 7 nitrogen and oxygen atoms in total. The first kappa shape index (κ1) is 24.9. The molecule has 0 aliphatic heterocycles. The number of ether oxygens (including phenoxy) is 1. The van der Waals surface area contributed by atoms with Crippen molar-refractivity contribution in [3.8, 4) is 11.8 Å². The Morgan fingerprint density at radius 3 is 2.39 bits per heavy atom. The van der Waals surface area contributed by atoms with Gasteiger partial charge in [0.15, 0.2) is 0 Å². The van der Waals surface area contributed by atoms with Crippen LogP contribution in [0.1, 0.15) is 11.1 Å². The number of nitrogens with one attached hydrogen (secondary N) is 1. The van der Waals surface area contributed by atoms with Gasteiger partial charge in [-0.3, -0.25) is 14.9 Å². The molecule has 0 saturated carbocycles. The van der Waals surface area contributed by atoms with E-state index in [1.165, 1.54) is 18.2 Å². The molecule has 0 atom stereocenters. The molecule has 3 rings (SSSR count). The summed E-state index contributed by atoms with van der Waals surface area (Å²) in [5.41, 5.74) is 1.92. The highest BCUT2D eigenvalue weighted by atomic mass is 127. The smallest absolute Gasteiger partial charge is 0.269 e. The van der Waals surface area contributed by atoms with Crippen molar-refractivity contribution in [2.45, 2.75) is 6.61 Å². The molecule has 3 aromatic carbocycles. The van der Waals surface area contributed by atoms with Crippen molar-refractivity contribution in [1.29, 1.82) is 5.26 Å². The van der Waals surface area contributed by atoms with Crippen LogP contribution in [0.4, 0.5) is 11.4 Å². The van der Waals surface area contributed by atoms with Crippen LogP contribution in [-0.4, -0.2) is 10.8 Å². The van der Waals surface area contributed by atoms with Crippen molar-refractivity contribution in [3.05, 3.63) is 99.6 Å². The lowest BCUT2D eigenvalue weighted by Gasteiger charge is -2.12. The normalized spacial score (nSPS) is 10.9. The summed E-state index contributed by atoms with van der Waals surface area (Å²) in [6.45, 7) is 0.241. The molecule has 166 valence electrons. The van der Waals surface area contributed by atoms with Crippen LogP contribution in [0.2, 0.25) is 5.02 Å². The van der Waals surface area contributed by atoms with Gasteiger partial charge in [-0.1, -0.05) is 17.7 Å². The van der Waals surface area contributed by atoms with Crippen molar-refractivity contribution in [1.82, 2.24) is 0 Å². The van der Waals surface area contributed by atoms with E-state index in [0.29, 0.717) is 22.0 Å². The van der Waals surface area contributed by atoms with Crippen LogP contribution in [0.25, 0.3) is 6.08 Å². The summed E-state index contributed by atoms with van der Waals surface area (Å²) in [5.74, 6) is 0.108. The van der Waals surface area contributed by atoms with E-state index in [-0.39, 0.29) is 17.9 Å². The number of nitrogens with zero attached hydrogens (tertiary/aromatic N) is 2. The molecular formula is C23H14ClI2N3O4. The van der Waals surface area contributed by atoms with Gasteiger partial charge in [-0.25, -0.2) is 0 Å². The molecule has 0 saturated heterocycles. The van der Waals surface area contributed by atoms with Crippen molar-refractivity contribution >= 4 is 80.1 Å². The molecule has 0 heterocycles. The first-order valence-corrected chi connectivity index (χ1v) is 11.8. The number of benzene rings is 3. The molecule has 1 amide bonds. The minimum Gasteiger partial charge on any atom is -0.487 e. The summed E-state index contributed by atoms with van der Waals surface area (Å²) < 4.78 is 7.50. The number of nitro benzene ring substituents is 1. The lowest BCUT2D eigenvalue weighted by atomic mass is 10.1. The van der Waals surface area contributed by atoms with Gasteiger partial charge in [0.05, 0.1) is 12.1 Å². The summed E-state index contributed by atoms with van der Waals surface area (Å²) in [4.78, 5) is 22.8. The minimum absolute atomic E-state index is 0.0201. The molecular weight excluding hydrogens is 672 g/mol. The van der Waals surface area contributed by atoms with Crippen LogP contribution in [0.3, 0.4) is 0 Å². The molecule has 0 unspecified atom stereocenters. The van der Waals surface area contributed by atoms with Crippen molar-refractivity contribution < 1.29 is 14.5 Å². The van der Waals surface area contributed by atoms with Crippen molar-refractivity contribution in [2.75, 3.05) is 5.32 Å². The summed E-state index contributed by atoms with van der Waals surface area (Å²) in [7, 11) is 0. The molecule has 3 aromatic rings. The van der Waals surface area contributed by atoms with Gasteiger partial charge in [-0.05, 0) is 105 Å². The van der Waals surface area contributed by atoms with Crippen molar-refractivity contribution in [2.24, 2.45) is 0 Å². The molecule has 10 heteroatoms. The van der Waals surface area contributed by atoms with Crippen LogP contribution in [0.15, 0.2) is 66.2 Å². The number of nitro groups is 1. The predicted octanol–water partition coefficient (Wildman–Crippen LogP) is 6.58. The molecule has 0 radical (unpaired) electrons. The Balaban J connectivity index is 1.75. The monoisotopic (exact) mass is 685 g/mol. The van der Waals surface area contributed by atoms with E-state index in [0.717, 1.165) is 12.7 Å². The maximum absolute atomic E-state index is 12.5. The summed E-state index contributed by atoms with van der Waals surface area (Å²) in [5, 5.41) is 23.4. The maximum Gasteiger partial charge on any atom is 0.269 e. The van der Waals surface area contributed by atoms with E-state index in [4.69, 9.17) is 16.3 Å². The van der Waals surface area contributed by atoms with Gasteiger partial charge < -0.3 is 10.1 Å². The van der Waals surface area contributed by atoms with E-state index < -0.39 is 10.8 Å². The lowest BCUT2D eigenvalue weighted by Crippen LogP contribution is -2.13.